The van der Waals surface area contributed by atoms with Crippen molar-refractivity contribution >= 4 is 74.6 Å². The molecule has 0 radical (unpaired) electrons. The van der Waals surface area contributed by atoms with Crippen molar-refractivity contribution in [3.8, 4) is 0 Å². The number of allylic oxidation sites excluding steroid dienone is 19. The molecule has 0 N–H and O–H groups in total. The minimum Gasteiger partial charge on any atom is -0.489 e. The lowest BCUT2D eigenvalue weighted by Gasteiger charge is -2.21. The van der Waals surface area contributed by atoms with E-state index >= 15 is 0 Å². The second kappa shape index (κ2) is 40.9. The highest BCUT2D eigenvalue weighted by molar-refractivity contribution is 6.64. The van der Waals surface area contributed by atoms with Crippen molar-refractivity contribution in [3.05, 3.63) is 148 Å². The van der Waals surface area contributed by atoms with Crippen LogP contribution >= 0.6 is 11.6 Å². The van der Waals surface area contributed by atoms with Gasteiger partial charge in [0.05, 0.1) is 48.5 Å². The molecule has 15 heteroatoms. The molecule has 3 aliphatic carbocycles. The third-order valence-corrected chi connectivity index (χ3v) is 16.1. The fourth-order valence-electron chi connectivity index (χ4n) is 7.92. The van der Waals surface area contributed by atoms with Crippen LogP contribution in [0.1, 0.15) is 134 Å². The van der Waals surface area contributed by atoms with Gasteiger partial charge in [0.2, 0.25) is 69.3 Å². The van der Waals surface area contributed by atoms with E-state index < -0.39 is 28.3 Å². The van der Waals surface area contributed by atoms with Gasteiger partial charge in [0, 0.05) is 33.4 Å². The number of carbonyl (C=O) groups is 6. The number of Topliss-reactive ketones (excluding diaryl/α,β-unsaturated/α-hetero) is 6. The van der Waals surface area contributed by atoms with Gasteiger partial charge in [0.15, 0.2) is 0 Å². The Balaban J connectivity index is 0. The monoisotopic (exact) mass is 1130 g/mol. The van der Waals surface area contributed by atoms with Crippen LogP contribution in [0, 0.1) is 0 Å². The van der Waals surface area contributed by atoms with Gasteiger partial charge in [0.1, 0.15) is 0 Å². The average Bonchev–Trinajstić information content (AvgIpc) is 3.39. The van der Waals surface area contributed by atoms with E-state index in [-0.39, 0.29) is 80.7 Å². The Labute approximate surface area is 483 Å². The Bertz CT molecular complexity index is 2520. The third-order valence-electron chi connectivity index (χ3n) is 12.5. The maximum absolute atomic E-state index is 12.6. The summed E-state index contributed by atoms with van der Waals surface area (Å²) in [5, 5.41) is 0. The second-order valence-corrected chi connectivity index (χ2v) is 25.7. The molecule has 0 amide bonds. The fraction of sp³-hybridized carbons (Fsp3) is 0.492. The van der Waals surface area contributed by atoms with E-state index in [9.17, 15) is 28.8 Å². The first-order valence-corrected chi connectivity index (χ1v) is 33.0. The maximum Gasteiger partial charge on any atom is 0.292 e. The van der Waals surface area contributed by atoms with Gasteiger partial charge in [-0.3, -0.25) is 28.8 Å². The number of rotatable bonds is 22. The van der Waals surface area contributed by atoms with Crippen molar-refractivity contribution in [1.29, 1.82) is 0 Å². The van der Waals surface area contributed by atoms with Crippen molar-refractivity contribution < 1.29 is 57.2 Å². The topological polar surface area (TPSA) is 158 Å². The van der Waals surface area contributed by atoms with Crippen LogP contribution in [0.5, 0.6) is 0 Å². The molecule has 0 heterocycles. The predicted molar refractivity (Wildman–Crippen MR) is 324 cm³/mol. The highest BCUT2D eigenvalue weighted by Crippen LogP contribution is 2.32. The van der Waals surface area contributed by atoms with E-state index in [1.807, 2.05) is 32.9 Å². The lowest BCUT2D eigenvalue weighted by molar-refractivity contribution is -0.121. The van der Waals surface area contributed by atoms with Gasteiger partial charge in [-0.25, -0.2) is 0 Å². The summed E-state index contributed by atoms with van der Waals surface area (Å²) < 4.78 is 31.5. The summed E-state index contributed by atoms with van der Waals surface area (Å²) in [6, 6.07) is 0. The molecule has 0 saturated carbocycles. The molecule has 0 atom stereocenters. The lowest BCUT2D eigenvalue weighted by atomic mass is 9.87. The lowest BCUT2D eigenvalue weighted by Crippen LogP contribution is -2.25. The van der Waals surface area contributed by atoms with Crippen LogP contribution < -0.4 is 0 Å². The average molecular weight is 1130 g/mol. The number of alkyl halides is 1. The number of carbonyl (C=O) groups excluding carboxylic acids is 6. The van der Waals surface area contributed by atoms with Crippen LogP contribution in [0.25, 0.3) is 0 Å². The summed E-state index contributed by atoms with van der Waals surface area (Å²) in [5.74, 6) is 7.48. The molecule has 0 saturated heterocycles. The Kier molecular flexibility index (Phi) is 39.3. The third kappa shape index (κ3) is 24.9. The van der Waals surface area contributed by atoms with E-state index in [4.69, 9.17) is 40.0 Å². The van der Waals surface area contributed by atoms with Crippen molar-refractivity contribution in [2.45, 2.75) is 158 Å². The molecule has 0 aromatic rings. The molecule has 0 unspecified atom stereocenters. The first-order chi connectivity index (χ1) is 36.8. The Morgan fingerprint density at radius 2 is 0.846 bits per heavy atom. The van der Waals surface area contributed by atoms with Gasteiger partial charge in [-0.15, -0.1) is 50.2 Å². The van der Waals surface area contributed by atoms with E-state index in [2.05, 4.69) is 106 Å². The molecule has 3 aliphatic rings. The van der Waals surface area contributed by atoms with Crippen molar-refractivity contribution in [2.75, 3.05) is 48.5 Å². The van der Waals surface area contributed by atoms with Crippen LogP contribution in [-0.4, -0.2) is 112 Å². The maximum atomic E-state index is 12.6. The zero-order valence-corrected chi connectivity index (χ0v) is 54.6. The summed E-state index contributed by atoms with van der Waals surface area (Å²) in [6.45, 7) is 23.4. The molecule has 78 heavy (non-hydrogen) atoms. The first kappa shape index (κ1) is 74.9. The van der Waals surface area contributed by atoms with Crippen LogP contribution in [-0.2, 0) is 57.2 Å². The summed E-state index contributed by atoms with van der Waals surface area (Å²) in [6.07, 6.45) is 24.8. The van der Waals surface area contributed by atoms with Gasteiger partial charge >= 0.3 is 0 Å². The molecular weight excluding hydrogens is 1040 g/mol. The van der Waals surface area contributed by atoms with E-state index in [1.54, 1.807) is 30.8 Å². The van der Waals surface area contributed by atoms with E-state index in [0.717, 1.165) is 24.0 Å². The summed E-state index contributed by atoms with van der Waals surface area (Å²) in [7, 11) is 8.09. The molecule has 0 spiro atoms. The molecule has 430 valence electrons. The number of methoxy groups -OCH3 is 6. The van der Waals surface area contributed by atoms with E-state index in [0.29, 0.717) is 40.7 Å². The van der Waals surface area contributed by atoms with Crippen molar-refractivity contribution in [3.63, 3.8) is 0 Å². The smallest absolute Gasteiger partial charge is 0.292 e. The van der Waals surface area contributed by atoms with Crippen LogP contribution in [0.15, 0.2) is 148 Å². The van der Waals surface area contributed by atoms with Crippen LogP contribution in [0.2, 0.25) is 23.1 Å². The Morgan fingerprint density at radius 1 is 0.474 bits per heavy atom. The molecule has 12 nitrogen and oxygen atoms in total. The standard InChI is InChI=1S/C19H26O4.C14H18O4.C10H11ClO4.2C8H13.4CH3.2Al/c1-7-14(10-8-9-12(2)3)11-15-13(4)16(20)18(22-5)19(23-6)17(15)21;1-8(2)6-7-10-9(3)11(15)13(17-4)14(18-5)12(10)16;1-5-6(4-11)8(13)10(15-3)9(14-2)7(5)12;1-4-5-6-7-8(2)3;1-3-5-7-8-6-4-2;;;;;;/h7,9H,8,10-11H2,1-6H3;6H,7H2,1-5H3;4H2,1-3H3;2,4-5H,6-7H2,1,3H3;3-5H,7-8H2,1-2H3;4*1H3;;/b14-7-;;;5-4+,8-2?;5-3+,6-4?;;;;;;. The Hall–Kier alpha value is -5.21. The highest BCUT2D eigenvalue weighted by atomic mass is 35.5. The summed E-state index contributed by atoms with van der Waals surface area (Å²) >= 11 is 4.63. The van der Waals surface area contributed by atoms with Gasteiger partial charge in [-0.05, 0) is 134 Å². The number of halogens is 1. The molecule has 0 bridgehead atoms. The van der Waals surface area contributed by atoms with E-state index in [1.165, 1.54) is 73.9 Å². The number of hydrogen-bond acceptors (Lipinski definition) is 12. The second-order valence-electron chi connectivity index (χ2n) is 19.5. The molecule has 3 rings (SSSR count). The summed E-state index contributed by atoms with van der Waals surface area (Å²) in [5.41, 5.74) is 7.48. The quantitative estimate of drug-likeness (QED) is 0.0438. The number of ketones is 6. The molecular formula is C63H93Al2ClO12. The molecule has 0 aromatic carbocycles. The minimum atomic E-state index is -0.501. The largest absolute Gasteiger partial charge is 0.489 e. The predicted octanol–water partition coefficient (Wildman–Crippen LogP) is 14.7. The highest BCUT2D eigenvalue weighted by Gasteiger charge is 2.36. The molecule has 0 aromatic heterocycles. The van der Waals surface area contributed by atoms with Crippen molar-refractivity contribution in [2.24, 2.45) is 0 Å². The van der Waals surface area contributed by atoms with Crippen LogP contribution in [0.4, 0.5) is 0 Å². The summed E-state index contributed by atoms with van der Waals surface area (Å²) in [4.78, 5) is 75.1. The SMILES string of the molecule is C/C=C(/CCC=C(C)C)CC1=C(C)C(=O)C(OC)=C(OC)C1=O.C/C=C/CC/C(C)=[CH]/[Al]([CH3])[CH3].C/C=[C](/CC/C=C/C)[Al]([CH3])[CH3].COC1=C(OC)C(=O)C(CC=C(C)C)=C(C)C1=O.COC1=C(OC)C(=O)C(CCl)=C(C)C1=O. The molecule has 0 aliphatic heterocycles. The first-order valence-electron chi connectivity index (χ1n) is 26.6. The number of ether oxygens (including phenoxy) is 6. The molecule has 0 fully saturated rings. The van der Waals surface area contributed by atoms with Gasteiger partial charge in [-0.1, -0.05) is 64.8 Å². The van der Waals surface area contributed by atoms with Gasteiger partial charge in [-0.2, -0.15) is 0 Å². The van der Waals surface area contributed by atoms with Gasteiger partial charge in [0.25, 0.3) is 28.3 Å². The zero-order valence-electron chi connectivity index (χ0n) is 51.5. The zero-order chi connectivity index (χ0) is 60.4. The van der Waals surface area contributed by atoms with Crippen LogP contribution in [0.3, 0.4) is 0 Å². The van der Waals surface area contributed by atoms with Crippen molar-refractivity contribution in [1.82, 2.24) is 0 Å². The van der Waals surface area contributed by atoms with Gasteiger partial charge < -0.3 is 28.4 Å². The normalized spacial score (nSPS) is 15.3. The fourth-order valence-corrected chi connectivity index (χ4v) is 11.0. The Morgan fingerprint density at radius 3 is 1.19 bits per heavy atom. The number of hydrogen-bond donors (Lipinski definition) is 0. The minimum absolute atomic E-state index is 0.00199.